The number of nitro groups is 1. The summed E-state index contributed by atoms with van der Waals surface area (Å²) >= 11 is 5.66. The molecule has 0 saturated heterocycles. The molecule has 92 valence electrons. The van der Waals surface area contributed by atoms with Crippen molar-refractivity contribution in [3.8, 4) is 5.75 Å². The van der Waals surface area contributed by atoms with Gasteiger partial charge in [0.1, 0.15) is 0 Å². The smallest absolute Gasteiger partial charge is 0.312 e. The summed E-state index contributed by atoms with van der Waals surface area (Å²) in [5.41, 5.74) is -0.242. The van der Waals surface area contributed by atoms with Crippen molar-refractivity contribution < 1.29 is 14.5 Å². The third-order valence-electron chi connectivity index (χ3n) is 2.22. The highest BCUT2D eigenvalue weighted by molar-refractivity contribution is 6.30. The van der Waals surface area contributed by atoms with Crippen molar-refractivity contribution >= 4 is 23.1 Å². The zero-order chi connectivity index (χ0) is 13.0. The highest BCUT2D eigenvalue weighted by Crippen LogP contribution is 2.30. The summed E-state index contributed by atoms with van der Waals surface area (Å²) in [6, 6.07) is 4.06. The quantitative estimate of drug-likeness (QED) is 0.601. The molecule has 0 fully saturated rings. The van der Waals surface area contributed by atoms with Gasteiger partial charge in [-0.25, -0.2) is 0 Å². The van der Waals surface area contributed by atoms with Crippen molar-refractivity contribution in [3.05, 3.63) is 33.3 Å². The summed E-state index contributed by atoms with van der Waals surface area (Å²) in [5, 5.41) is 11.0. The first-order valence-electron chi connectivity index (χ1n) is 5.09. The van der Waals surface area contributed by atoms with E-state index >= 15 is 0 Å². The molecule has 1 rings (SSSR count). The lowest BCUT2D eigenvalue weighted by Crippen LogP contribution is -2.23. The molecule has 17 heavy (non-hydrogen) atoms. The van der Waals surface area contributed by atoms with Crippen LogP contribution in [0.3, 0.4) is 0 Å². The third kappa shape index (κ3) is 3.42. The maximum absolute atomic E-state index is 11.3. The van der Waals surface area contributed by atoms with E-state index in [0.717, 1.165) is 0 Å². The van der Waals surface area contributed by atoms with E-state index in [4.69, 9.17) is 16.3 Å². The predicted molar refractivity (Wildman–Crippen MR) is 63.5 cm³/mol. The van der Waals surface area contributed by atoms with Gasteiger partial charge in [0.25, 0.3) is 0 Å². The van der Waals surface area contributed by atoms with Crippen LogP contribution in [0.25, 0.3) is 0 Å². The van der Waals surface area contributed by atoms with Crippen LogP contribution in [0.4, 0.5) is 5.69 Å². The Hall–Kier alpha value is -1.62. The number of nitro benzene ring substituents is 1. The number of carbonyl (C=O) groups is 1. The molecular formula is C11H12ClNO4. The molecule has 5 nitrogen and oxygen atoms in total. The van der Waals surface area contributed by atoms with Crippen LogP contribution in [0.5, 0.6) is 5.75 Å². The van der Waals surface area contributed by atoms with Crippen LogP contribution >= 0.6 is 11.6 Å². The lowest BCUT2D eigenvalue weighted by Gasteiger charge is -2.12. The van der Waals surface area contributed by atoms with E-state index in [1.165, 1.54) is 18.2 Å². The molecule has 0 bridgehead atoms. The van der Waals surface area contributed by atoms with Crippen LogP contribution in [0.1, 0.15) is 20.3 Å². The van der Waals surface area contributed by atoms with E-state index in [1.807, 2.05) is 0 Å². The number of benzene rings is 1. The fourth-order valence-corrected chi connectivity index (χ4v) is 1.44. The van der Waals surface area contributed by atoms with Crippen molar-refractivity contribution in [2.45, 2.75) is 26.4 Å². The molecule has 1 aromatic carbocycles. The summed E-state index contributed by atoms with van der Waals surface area (Å²) in [6.45, 7) is 3.27. The normalized spacial score (nSPS) is 11.9. The van der Waals surface area contributed by atoms with E-state index in [2.05, 4.69) is 0 Å². The first-order chi connectivity index (χ1) is 7.95. The van der Waals surface area contributed by atoms with Gasteiger partial charge in [-0.2, -0.15) is 0 Å². The molecular weight excluding hydrogens is 246 g/mol. The SMILES string of the molecule is CCC(=O)C(C)Oc1ccc(Cl)cc1[N+](=O)[O-]. The standard InChI is InChI=1S/C11H12ClNO4/c1-3-10(14)7(2)17-11-5-4-8(12)6-9(11)13(15)16/h4-7H,3H2,1-2H3. The molecule has 1 aromatic rings. The number of hydrogen-bond acceptors (Lipinski definition) is 4. The van der Waals surface area contributed by atoms with Crippen LogP contribution in [0, 0.1) is 10.1 Å². The van der Waals surface area contributed by atoms with Gasteiger partial charge in [-0.1, -0.05) is 18.5 Å². The molecule has 0 heterocycles. The van der Waals surface area contributed by atoms with Crippen molar-refractivity contribution in [2.75, 3.05) is 0 Å². The minimum atomic E-state index is -0.708. The number of rotatable bonds is 5. The van der Waals surface area contributed by atoms with Gasteiger partial charge in [0, 0.05) is 17.5 Å². The van der Waals surface area contributed by atoms with Gasteiger partial charge in [-0.3, -0.25) is 14.9 Å². The van der Waals surface area contributed by atoms with Crippen LogP contribution in [0.15, 0.2) is 18.2 Å². The molecule has 6 heteroatoms. The Kier molecular flexibility index (Phi) is 4.45. The van der Waals surface area contributed by atoms with E-state index in [0.29, 0.717) is 6.42 Å². The maximum Gasteiger partial charge on any atom is 0.312 e. The van der Waals surface area contributed by atoms with Crippen LogP contribution in [-0.4, -0.2) is 16.8 Å². The molecule has 0 amide bonds. The van der Waals surface area contributed by atoms with Gasteiger partial charge < -0.3 is 4.74 Å². The summed E-state index contributed by atoms with van der Waals surface area (Å²) in [6.07, 6.45) is -0.386. The number of nitrogens with zero attached hydrogens (tertiary/aromatic N) is 1. The lowest BCUT2D eigenvalue weighted by atomic mass is 10.2. The Morgan fingerprint density at radius 2 is 2.24 bits per heavy atom. The minimum Gasteiger partial charge on any atom is -0.476 e. The molecule has 0 aromatic heterocycles. The Bertz CT molecular complexity index is 447. The molecule has 0 saturated carbocycles. The number of ether oxygens (including phenoxy) is 1. The first-order valence-corrected chi connectivity index (χ1v) is 5.46. The van der Waals surface area contributed by atoms with Crippen LogP contribution < -0.4 is 4.74 Å². The molecule has 0 aliphatic rings. The van der Waals surface area contributed by atoms with Crippen molar-refractivity contribution in [1.29, 1.82) is 0 Å². The summed E-state index contributed by atoms with van der Waals surface area (Å²) in [7, 11) is 0. The number of ketones is 1. The Balaban J connectivity index is 2.98. The number of hydrogen-bond donors (Lipinski definition) is 0. The molecule has 0 spiro atoms. The second-order valence-electron chi connectivity index (χ2n) is 3.45. The number of halogens is 1. The van der Waals surface area contributed by atoms with E-state index < -0.39 is 11.0 Å². The Morgan fingerprint density at radius 1 is 1.59 bits per heavy atom. The van der Waals surface area contributed by atoms with Crippen molar-refractivity contribution in [3.63, 3.8) is 0 Å². The zero-order valence-electron chi connectivity index (χ0n) is 9.47. The van der Waals surface area contributed by atoms with Gasteiger partial charge in [0.15, 0.2) is 17.6 Å². The van der Waals surface area contributed by atoms with Gasteiger partial charge in [-0.05, 0) is 19.1 Å². The molecule has 1 atom stereocenters. The highest BCUT2D eigenvalue weighted by Gasteiger charge is 2.20. The third-order valence-corrected chi connectivity index (χ3v) is 2.46. The van der Waals surface area contributed by atoms with Crippen LogP contribution in [0.2, 0.25) is 5.02 Å². The summed E-state index contributed by atoms with van der Waals surface area (Å²) in [5.74, 6) is -0.0667. The molecule has 1 unspecified atom stereocenters. The van der Waals surface area contributed by atoms with E-state index in [-0.39, 0.29) is 22.2 Å². The minimum absolute atomic E-state index is 0.0497. The second kappa shape index (κ2) is 5.63. The molecule has 0 aliphatic carbocycles. The second-order valence-corrected chi connectivity index (χ2v) is 3.89. The molecule has 0 aliphatic heterocycles. The predicted octanol–water partition coefficient (Wildman–Crippen LogP) is 2.99. The topological polar surface area (TPSA) is 69.4 Å². The molecule has 0 radical (unpaired) electrons. The van der Waals surface area contributed by atoms with Gasteiger partial charge in [0.05, 0.1) is 4.92 Å². The highest BCUT2D eigenvalue weighted by atomic mass is 35.5. The summed E-state index contributed by atoms with van der Waals surface area (Å²) in [4.78, 5) is 21.5. The number of Topliss-reactive ketones (excluding diaryl/α,β-unsaturated/α-hetero) is 1. The first kappa shape index (κ1) is 13.4. The monoisotopic (exact) mass is 257 g/mol. The van der Waals surface area contributed by atoms with Crippen molar-refractivity contribution in [1.82, 2.24) is 0 Å². The van der Waals surface area contributed by atoms with Gasteiger partial charge >= 0.3 is 5.69 Å². The Morgan fingerprint density at radius 3 is 2.76 bits per heavy atom. The summed E-state index contributed by atoms with van der Waals surface area (Å²) < 4.78 is 5.26. The van der Waals surface area contributed by atoms with Crippen molar-refractivity contribution in [2.24, 2.45) is 0 Å². The Labute approximate surface area is 103 Å². The lowest BCUT2D eigenvalue weighted by molar-refractivity contribution is -0.386. The van der Waals surface area contributed by atoms with Gasteiger partial charge in [-0.15, -0.1) is 0 Å². The average Bonchev–Trinajstić information content (AvgIpc) is 2.29. The largest absolute Gasteiger partial charge is 0.476 e. The fourth-order valence-electron chi connectivity index (χ4n) is 1.28. The average molecular weight is 258 g/mol. The number of carbonyl (C=O) groups excluding carboxylic acids is 1. The fraction of sp³-hybridized carbons (Fsp3) is 0.364. The van der Waals surface area contributed by atoms with E-state index in [9.17, 15) is 14.9 Å². The molecule has 0 N–H and O–H groups in total. The zero-order valence-corrected chi connectivity index (χ0v) is 10.2. The van der Waals surface area contributed by atoms with Crippen LogP contribution in [-0.2, 0) is 4.79 Å². The maximum atomic E-state index is 11.3. The van der Waals surface area contributed by atoms with Gasteiger partial charge in [0.2, 0.25) is 0 Å². The van der Waals surface area contributed by atoms with E-state index in [1.54, 1.807) is 13.8 Å².